The zero-order valence-corrected chi connectivity index (χ0v) is 18.5. The second kappa shape index (κ2) is 10.4. The van der Waals surface area contributed by atoms with E-state index in [9.17, 15) is 14.0 Å². The van der Waals surface area contributed by atoms with Gasteiger partial charge in [0, 0.05) is 18.2 Å². The van der Waals surface area contributed by atoms with Gasteiger partial charge in [0.2, 0.25) is 5.91 Å². The van der Waals surface area contributed by atoms with Crippen LogP contribution in [0.4, 0.5) is 4.39 Å². The maximum absolute atomic E-state index is 14.3. The Morgan fingerprint density at radius 1 is 1.13 bits per heavy atom. The number of hydrogen-bond acceptors (Lipinski definition) is 3. The Bertz CT molecular complexity index is 904. The topological polar surface area (TPSA) is 58.6 Å². The second-order valence-corrected chi connectivity index (χ2v) is 8.39. The summed E-state index contributed by atoms with van der Waals surface area (Å²) in [5.41, 5.74) is 2.44. The van der Waals surface area contributed by atoms with Crippen molar-refractivity contribution in [1.29, 1.82) is 0 Å². The number of carbonyl (C=O) groups is 2. The van der Waals surface area contributed by atoms with Gasteiger partial charge in [-0.05, 0) is 62.9 Å². The third-order valence-electron chi connectivity index (χ3n) is 5.72. The largest absolute Gasteiger partial charge is 0.484 e. The number of nitrogens with one attached hydrogen (secondary N) is 1. The molecular weight excluding hydrogens is 395 g/mol. The molecule has 31 heavy (non-hydrogen) atoms. The molecule has 5 nitrogen and oxygen atoms in total. The third kappa shape index (κ3) is 6.29. The molecule has 1 N–H and O–H groups in total. The lowest BCUT2D eigenvalue weighted by atomic mass is 10.1. The Kier molecular flexibility index (Phi) is 7.66. The van der Waals surface area contributed by atoms with Gasteiger partial charge in [-0.1, -0.05) is 37.1 Å². The smallest absolute Gasteiger partial charge is 0.261 e. The first-order valence-corrected chi connectivity index (χ1v) is 10.9. The average Bonchev–Trinajstić information content (AvgIpc) is 3.23. The van der Waals surface area contributed by atoms with Crippen molar-refractivity contribution in [3.63, 3.8) is 0 Å². The minimum Gasteiger partial charge on any atom is -0.484 e. The highest BCUT2D eigenvalue weighted by Gasteiger charge is 2.29. The molecule has 0 spiro atoms. The second-order valence-electron chi connectivity index (χ2n) is 8.39. The lowest BCUT2D eigenvalue weighted by Gasteiger charge is -2.29. The molecule has 0 aromatic heterocycles. The summed E-state index contributed by atoms with van der Waals surface area (Å²) in [5.74, 6) is -0.391. The van der Waals surface area contributed by atoms with Crippen molar-refractivity contribution in [2.75, 3.05) is 6.61 Å². The van der Waals surface area contributed by atoms with E-state index in [1.165, 1.54) is 11.0 Å². The fraction of sp³-hybridized carbons (Fsp3) is 0.440. The molecule has 1 aliphatic rings. The molecule has 1 atom stereocenters. The van der Waals surface area contributed by atoms with Crippen LogP contribution in [-0.2, 0) is 16.1 Å². The van der Waals surface area contributed by atoms with Crippen LogP contribution in [0.5, 0.6) is 5.75 Å². The highest BCUT2D eigenvalue weighted by atomic mass is 19.1. The maximum Gasteiger partial charge on any atom is 0.261 e. The standard InChI is InChI=1S/C25H31FN2O3/c1-17-12-18(2)14-22(13-17)31-16-24(29)28(15-20-8-4-7-11-23(20)26)19(3)25(30)27-21-9-5-6-10-21/h4,7-8,11-14,19,21H,5-6,9-10,15-16H2,1-3H3,(H,27,30)/t19-/m1/s1. The molecule has 6 heteroatoms. The van der Waals surface area contributed by atoms with Gasteiger partial charge in [0.1, 0.15) is 17.6 Å². The molecule has 1 aliphatic carbocycles. The summed E-state index contributed by atoms with van der Waals surface area (Å²) in [7, 11) is 0. The van der Waals surface area contributed by atoms with E-state index in [4.69, 9.17) is 4.74 Å². The van der Waals surface area contributed by atoms with E-state index < -0.39 is 11.9 Å². The molecular formula is C25H31FN2O3. The molecule has 0 unspecified atom stereocenters. The number of benzene rings is 2. The summed E-state index contributed by atoms with van der Waals surface area (Å²) in [6.45, 7) is 5.38. The Labute approximate surface area is 183 Å². The number of hydrogen-bond donors (Lipinski definition) is 1. The van der Waals surface area contributed by atoms with Crippen molar-refractivity contribution in [3.05, 3.63) is 65.0 Å². The van der Waals surface area contributed by atoms with E-state index in [0.29, 0.717) is 11.3 Å². The van der Waals surface area contributed by atoms with Gasteiger partial charge in [-0.3, -0.25) is 9.59 Å². The Morgan fingerprint density at radius 2 is 1.77 bits per heavy atom. The summed E-state index contributed by atoms with van der Waals surface area (Å²) >= 11 is 0. The maximum atomic E-state index is 14.3. The summed E-state index contributed by atoms with van der Waals surface area (Å²) in [4.78, 5) is 27.3. The minimum absolute atomic E-state index is 0.000958. The Morgan fingerprint density at radius 3 is 2.42 bits per heavy atom. The molecule has 0 saturated heterocycles. The van der Waals surface area contributed by atoms with Crippen LogP contribution in [0.2, 0.25) is 0 Å². The van der Waals surface area contributed by atoms with E-state index in [1.807, 2.05) is 32.0 Å². The number of carbonyl (C=O) groups excluding carboxylic acids is 2. The van der Waals surface area contributed by atoms with Crippen molar-refractivity contribution in [2.24, 2.45) is 0 Å². The van der Waals surface area contributed by atoms with E-state index >= 15 is 0 Å². The number of rotatable bonds is 8. The van der Waals surface area contributed by atoms with Gasteiger partial charge in [-0.2, -0.15) is 0 Å². The molecule has 2 aromatic carbocycles. The summed E-state index contributed by atoms with van der Waals surface area (Å²) in [6.07, 6.45) is 4.10. The van der Waals surface area contributed by atoms with Gasteiger partial charge in [0.05, 0.1) is 0 Å². The molecule has 3 rings (SSSR count). The van der Waals surface area contributed by atoms with Gasteiger partial charge in [-0.15, -0.1) is 0 Å². The van der Waals surface area contributed by atoms with Crippen molar-refractivity contribution in [2.45, 2.75) is 65.1 Å². The zero-order valence-electron chi connectivity index (χ0n) is 18.5. The molecule has 0 heterocycles. The van der Waals surface area contributed by atoms with Crippen LogP contribution in [0.1, 0.15) is 49.3 Å². The van der Waals surface area contributed by atoms with Gasteiger partial charge in [0.25, 0.3) is 5.91 Å². The average molecular weight is 427 g/mol. The van der Waals surface area contributed by atoms with Gasteiger partial charge >= 0.3 is 0 Å². The molecule has 2 aromatic rings. The van der Waals surface area contributed by atoms with Crippen LogP contribution in [0.15, 0.2) is 42.5 Å². The van der Waals surface area contributed by atoms with E-state index in [0.717, 1.165) is 36.8 Å². The SMILES string of the molecule is Cc1cc(C)cc(OCC(=O)N(Cc2ccccc2F)[C@H](C)C(=O)NC2CCCC2)c1. The molecule has 0 bridgehead atoms. The van der Waals surface area contributed by atoms with Crippen molar-refractivity contribution in [1.82, 2.24) is 10.2 Å². The highest BCUT2D eigenvalue weighted by molar-refractivity contribution is 5.88. The number of aryl methyl sites for hydroxylation is 2. The van der Waals surface area contributed by atoms with Crippen LogP contribution in [0, 0.1) is 19.7 Å². The summed E-state index contributed by atoms with van der Waals surface area (Å²) < 4.78 is 20.0. The Hall–Kier alpha value is -2.89. The number of ether oxygens (including phenoxy) is 1. The normalized spacial score (nSPS) is 14.8. The first-order valence-electron chi connectivity index (χ1n) is 10.9. The fourth-order valence-electron chi connectivity index (χ4n) is 4.03. The number of halogens is 1. The predicted molar refractivity (Wildman–Crippen MR) is 118 cm³/mol. The van der Waals surface area contributed by atoms with Crippen molar-refractivity contribution < 1.29 is 18.7 Å². The zero-order chi connectivity index (χ0) is 22.4. The molecule has 2 amide bonds. The van der Waals surface area contributed by atoms with Crippen LogP contribution < -0.4 is 10.1 Å². The van der Waals surface area contributed by atoms with Gasteiger partial charge < -0.3 is 15.0 Å². The van der Waals surface area contributed by atoms with Gasteiger partial charge in [0.15, 0.2) is 6.61 Å². The summed E-state index contributed by atoms with van der Waals surface area (Å²) in [6, 6.07) is 11.4. The molecule has 166 valence electrons. The van der Waals surface area contributed by atoms with Crippen LogP contribution in [0.3, 0.4) is 0 Å². The number of amides is 2. The number of nitrogens with zero attached hydrogens (tertiary/aromatic N) is 1. The third-order valence-corrected chi connectivity index (χ3v) is 5.72. The lowest BCUT2D eigenvalue weighted by Crippen LogP contribution is -2.50. The Balaban J connectivity index is 1.74. The molecule has 0 aliphatic heterocycles. The van der Waals surface area contributed by atoms with Crippen molar-refractivity contribution in [3.8, 4) is 5.75 Å². The first-order chi connectivity index (χ1) is 14.8. The lowest BCUT2D eigenvalue weighted by molar-refractivity contribution is -0.142. The highest BCUT2D eigenvalue weighted by Crippen LogP contribution is 2.20. The van der Waals surface area contributed by atoms with Crippen LogP contribution in [-0.4, -0.2) is 35.4 Å². The molecule has 1 fully saturated rings. The monoisotopic (exact) mass is 426 g/mol. The van der Waals surface area contributed by atoms with Crippen LogP contribution in [0.25, 0.3) is 0 Å². The van der Waals surface area contributed by atoms with E-state index in [1.54, 1.807) is 25.1 Å². The van der Waals surface area contributed by atoms with Gasteiger partial charge in [-0.25, -0.2) is 4.39 Å². The first kappa shape index (κ1) is 22.8. The van der Waals surface area contributed by atoms with Crippen LogP contribution >= 0.6 is 0 Å². The predicted octanol–water partition coefficient (Wildman–Crippen LogP) is 4.30. The van der Waals surface area contributed by atoms with E-state index in [-0.39, 0.29) is 31.0 Å². The van der Waals surface area contributed by atoms with Crippen molar-refractivity contribution >= 4 is 11.8 Å². The molecule has 0 radical (unpaired) electrons. The summed E-state index contributed by atoms with van der Waals surface area (Å²) in [5, 5.41) is 3.04. The van der Waals surface area contributed by atoms with E-state index in [2.05, 4.69) is 5.32 Å². The fourth-order valence-corrected chi connectivity index (χ4v) is 4.03. The minimum atomic E-state index is -0.740. The molecule has 1 saturated carbocycles. The quantitative estimate of drug-likeness (QED) is 0.685.